The topological polar surface area (TPSA) is 121 Å². The monoisotopic (exact) mass is 821 g/mol. The molecule has 0 aromatic rings. The van der Waals surface area contributed by atoms with E-state index < -0.39 is 60.4 Å². The van der Waals surface area contributed by atoms with Gasteiger partial charge in [-0.25, -0.2) is 0 Å². The Morgan fingerprint density at radius 1 is 0.414 bits per heavy atom. The van der Waals surface area contributed by atoms with E-state index in [9.17, 15) is 19.5 Å². The van der Waals surface area contributed by atoms with Crippen molar-refractivity contribution >= 4 is 17.9 Å². The highest BCUT2D eigenvalue weighted by molar-refractivity contribution is 5.99. The molecule has 12 nitrogen and oxygen atoms in total. The van der Waals surface area contributed by atoms with Gasteiger partial charge in [0.25, 0.3) is 0 Å². The molecule has 0 aromatic heterocycles. The minimum atomic E-state index is -1.86. The molecule has 4 aliphatic rings. The summed E-state index contributed by atoms with van der Waals surface area (Å²) in [5.41, 5.74) is -2.53. The standard InChI is InChI=1S/C46H84N4O8/c1-39(2)21-29(22-40(3,4)47(39)17)55-35(51)33(36(52)56-30-23-41(5,6)48(18)42(7,8)24-30)34(37(53)57-31-25-43(9,10)49(19)44(11,12)26-31)38(54)58-32-27-45(13,14)50(20)46(15,16)28-32/h29-35,51H,21-28H2,1-20H3. The van der Waals surface area contributed by atoms with Crippen molar-refractivity contribution in [1.29, 1.82) is 0 Å². The molecule has 0 spiro atoms. The summed E-state index contributed by atoms with van der Waals surface area (Å²) >= 11 is 0. The van der Waals surface area contributed by atoms with Crippen molar-refractivity contribution in [2.24, 2.45) is 11.8 Å². The van der Waals surface area contributed by atoms with E-state index in [0.29, 0.717) is 51.4 Å². The quantitative estimate of drug-likeness (QED) is 0.108. The molecule has 1 N–H and O–H groups in total. The lowest BCUT2D eigenvalue weighted by atomic mass is 9.78. The number of carbonyl (C=O) groups excluding carboxylic acids is 3. The molecule has 12 heteroatoms. The van der Waals surface area contributed by atoms with Gasteiger partial charge < -0.3 is 24.1 Å². The van der Waals surface area contributed by atoms with Gasteiger partial charge >= 0.3 is 17.9 Å². The van der Waals surface area contributed by atoms with Crippen LogP contribution >= 0.6 is 0 Å². The van der Waals surface area contributed by atoms with E-state index in [0.717, 1.165) is 0 Å². The van der Waals surface area contributed by atoms with Crippen LogP contribution in [0.4, 0.5) is 0 Å². The van der Waals surface area contributed by atoms with Crippen molar-refractivity contribution in [1.82, 2.24) is 19.6 Å². The lowest BCUT2D eigenvalue weighted by Gasteiger charge is -2.54. The Kier molecular flexibility index (Phi) is 13.6. The molecular formula is C46H84N4O8. The summed E-state index contributed by atoms with van der Waals surface area (Å²) in [4.78, 5) is 53.9. The van der Waals surface area contributed by atoms with E-state index in [1.807, 2.05) is 0 Å². The fraction of sp³-hybridized carbons (Fsp3) is 0.935. The van der Waals surface area contributed by atoms with Crippen LogP contribution in [-0.2, 0) is 33.3 Å². The van der Waals surface area contributed by atoms with Crippen molar-refractivity contribution in [3.8, 4) is 0 Å². The van der Waals surface area contributed by atoms with Gasteiger partial charge in [0.1, 0.15) is 24.2 Å². The highest BCUT2D eigenvalue weighted by Gasteiger charge is 2.55. The number of hydrogen-bond donors (Lipinski definition) is 1. The summed E-state index contributed by atoms with van der Waals surface area (Å²) in [6, 6.07) is 0. The van der Waals surface area contributed by atoms with Crippen LogP contribution in [0.3, 0.4) is 0 Å². The molecule has 0 bridgehead atoms. The fourth-order valence-corrected chi connectivity index (χ4v) is 11.3. The van der Waals surface area contributed by atoms with Gasteiger partial charge in [-0.05, 0) is 152 Å². The number of nitrogens with zero attached hydrogens (tertiary/aromatic N) is 4. The van der Waals surface area contributed by atoms with Gasteiger partial charge in [-0.1, -0.05) is 0 Å². The summed E-state index contributed by atoms with van der Waals surface area (Å²) in [7, 11) is 8.29. The third kappa shape index (κ3) is 10.3. The maximum absolute atomic E-state index is 14.9. The van der Waals surface area contributed by atoms with Gasteiger partial charge in [0.05, 0.1) is 6.10 Å². The molecule has 0 saturated carbocycles. The molecule has 2 atom stereocenters. The number of carbonyl (C=O) groups is 3. The Balaban J connectivity index is 1.79. The molecule has 4 fully saturated rings. The van der Waals surface area contributed by atoms with Crippen LogP contribution in [0.1, 0.15) is 162 Å². The molecule has 4 rings (SSSR count). The number of hydrogen-bond acceptors (Lipinski definition) is 12. The van der Waals surface area contributed by atoms with Gasteiger partial charge in [0, 0.05) is 82.8 Å². The van der Waals surface area contributed by atoms with E-state index in [1.54, 1.807) is 0 Å². The van der Waals surface area contributed by atoms with Gasteiger partial charge in [0.15, 0.2) is 12.2 Å². The number of aliphatic hydroxyl groups excluding tert-OH is 1. The molecular weight excluding hydrogens is 737 g/mol. The fourth-order valence-electron chi connectivity index (χ4n) is 11.3. The third-order valence-corrected chi connectivity index (χ3v) is 15.7. The first-order chi connectivity index (χ1) is 26.0. The van der Waals surface area contributed by atoms with Crippen LogP contribution in [0.15, 0.2) is 0 Å². The van der Waals surface area contributed by atoms with Crippen molar-refractivity contribution in [3.63, 3.8) is 0 Å². The van der Waals surface area contributed by atoms with Gasteiger partial charge in [-0.2, -0.15) is 0 Å². The summed E-state index contributed by atoms with van der Waals surface area (Å²) in [5.74, 6) is -6.26. The number of rotatable bonds is 10. The maximum Gasteiger partial charge on any atom is 0.321 e. The van der Waals surface area contributed by atoms with E-state index in [4.69, 9.17) is 18.9 Å². The average Bonchev–Trinajstić information content (AvgIpc) is 3.01. The van der Waals surface area contributed by atoms with Crippen molar-refractivity contribution in [2.75, 3.05) is 28.2 Å². The molecule has 4 aliphatic heterocycles. The first kappa shape index (κ1) is 48.8. The van der Waals surface area contributed by atoms with Gasteiger partial charge in [-0.3, -0.25) is 34.0 Å². The predicted molar refractivity (Wildman–Crippen MR) is 228 cm³/mol. The summed E-state index contributed by atoms with van der Waals surface area (Å²) in [5, 5.41) is 12.3. The molecule has 58 heavy (non-hydrogen) atoms. The smallest absolute Gasteiger partial charge is 0.321 e. The minimum absolute atomic E-state index is 0.299. The third-order valence-electron chi connectivity index (χ3n) is 15.7. The van der Waals surface area contributed by atoms with Crippen LogP contribution in [0, 0.1) is 11.8 Å². The molecule has 0 amide bonds. The highest BCUT2D eigenvalue weighted by Crippen LogP contribution is 2.44. The van der Waals surface area contributed by atoms with Crippen LogP contribution in [0.2, 0.25) is 0 Å². The largest absolute Gasteiger partial charge is 0.462 e. The molecule has 4 saturated heterocycles. The summed E-state index contributed by atoms with van der Waals surface area (Å²) < 4.78 is 25.5. The number of piperidine rings is 4. The number of ether oxygens (including phenoxy) is 4. The number of likely N-dealkylation sites (tertiary alicyclic amines) is 4. The Morgan fingerprint density at radius 2 is 0.621 bits per heavy atom. The van der Waals surface area contributed by atoms with E-state index in [2.05, 4.69) is 159 Å². The zero-order valence-electron chi connectivity index (χ0n) is 40.3. The molecule has 0 radical (unpaired) electrons. The normalized spacial score (nSPS) is 29.1. The first-order valence-corrected chi connectivity index (χ1v) is 21.9. The van der Waals surface area contributed by atoms with Crippen LogP contribution < -0.4 is 0 Å². The highest BCUT2D eigenvalue weighted by atomic mass is 16.6. The van der Waals surface area contributed by atoms with Crippen LogP contribution in [0.25, 0.3) is 0 Å². The maximum atomic E-state index is 14.9. The molecule has 336 valence electrons. The minimum Gasteiger partial charge on any atom is -0.462 e. The van der Waals surface area contributed by atoms with Crippen molar-refractivity contribution in [2.45, 2.75) is 237 Å². The Hall–Kier alpha value is -1.83. The van der Waals surface area contributed by atoms with E-state index in [-0.39, 0.29) is 44.3 Å². The Morgan fingerprint density at radius 3 is 0.862 bits per heavy atom. The lowest BCUT2D eigenvalue weighted by Crippen LogP contribution is -2.62. The van der Waals surface area contributed by atoms with Gasteiger partial charge in [0.2, 0.25) is 0 Å². The number of esters is 3. The SMILES string of the molecule is CN1C(C)(C)CC(OC(=O)C(C(=O)OC2CC(C)(C)N(C)C(C)(C)C2)C(C(=O)OC2CC(C)(C)N(C)C(C)(C)C2)C(O)OC2CC(C)(C)N(C)C(C)(C)C2)CC1(C)C. The Labute approximate surface area is 352 Å². The average molecular weight is 821 g/mol. The molecule has 4 heterocycles. The summed E-state index contributed by atoms with van der Waals surface area (Å²) in [6.07, 6.45) is 0.266. The first-order valence-electron chi connectivity index (χ1n) is 21.9. The van der Waals surface area contributed by atoms with Crippen LogP contribution in [-0.4, -0.2) is 146 Å². The zero-order chi connectivity index (χ0) is 44.6. The van der Waals surface area contributed by atoms with E-state index >= 15 is 0 Å². The lowest BCUT2D eigenvalue weighted by molar-refractivity contribution is -0.226. The molecule has 0 aromatic carbocycles. The molecule has 2 unspecified atom stereocenters. The number of aliphatic hydroxyl groups is 1. The second-order valence-electron chi connectivity index (χ2n) is 23.7. The predicted octanol–water partition coefficient (Wildman–Crippen LogP) is 6.79. The summed E-state index contributed by atoms with van der Waals surface area (Å²) in [6.45, 7) is 33.8. The second-order valence-corrected chi connectivity index (χ2v) is 23.7. The van der Waals surface area contributed by atoms with Crippen LogP contribution in [0.5, 0.6) is 0 Å². The van der Waals surface area contributed by atoms with Gasteiger partial charge in [-0.15, -0.1) is 0 Å². The zero-order valence-corrected chi connectivity index (χ0v) is 40.3. The van der Waals surface area contributed by atoms with Crippen molar-refractivity contribution in [3.05, 3.63) is 0 Å². The van der Waals surface area contributed by atoms with E-state index in [1.165, 1.54) is 0 Å². The second kappa shape index (κ2) is 16.1. The molecule has 0 aliphatic carbocycles. The van der Waals surface area contributed by atoms with Crippen molar-refractivity contribution < 1.29 is 38.4 Å². The Bertz CT molecular complexity index is 1390.